The molecule has 1 aliphatic carbocycles. The summed E-state index contributed by atoms with van der Waals surface area (Å²) in [6.45, 7) is 1.17. The van der Waals surface area contributed by atoms with Crippen LogP contribution < -0.4 is 5.56 Å². The van der Waals surface area contributed by atoms with Gasteiger partial charge in [0.25, 0.3) is 5.56 Å². The predicted octanol–water partition coefficient (Wildman–Crippen LogP) is 1.45. The van der Waals surface area contributed by atoms with Crippen LogP contribution in [0.5, 0.6) is 0 Å². The number of hydrogen-bond donors (Lipinski definition) is 1. The average Bonchev–Trinajstić information content (AvgIpc) is 2.93. The van der Waals surface area contributed by atoms with E-state index in [1.54, 1.807) is 0 Å². The van der Waals surface area contributed by atoms with Gasteiger partial charge in [-0.2, -0.15) is 4.31 Å². The molecule has 1 N–H and O–H groups in total. The maximum Gasteiger partial charge on any atom is 0.266 e. The number of nitrogens with zero attached hydrogens (tertiary/aromatic N) is 1. The van der Waals surface area contributed by atoms with Gasteiger partial charge in [-0.25, -0.2) is 8.42 Å². The number of aromatic nitrogens is 1. The van der Waals surface area contributed by atoms with Crippen LogP contribution in [0.25, 0.3) is 0 Å². The standard InChI is InChI=1S/C12H15ClN2O3S/c13-11-4-10(5-14-12(11)16)19(17,18)15-6-8-2-1-3-9(8)7-15/h4-5,8-9H,1-3,6-7H2,(H,14,16). The fraction of sp³-hybridized carbons (Fsp3) is 0.583. The van der Waals surface area contributed by atoms with E-state index in [2.05, 4.69) is 4.98 Å². The number of fused-ring (bicyclic) bond motifs is 1. The topological polar surface area (TPSA) is 70.2 Å². The molecule has 1 aliphatic heterocycles. The second-order valence-corrected chi connectivity index (χ2v) is 7.63. The number of pyridine rings is 1. The van der Waals surface area contributed by atoms with E-state index in [-0.39, 0.29) is 9.92 Å². The Morgan fingerprint density at radius 2 is 1.89 bits per heavy atom. The van der Waals surface area contributed by atoms with Crippen molar-refractivity contribution in [2.45, 2.75) is 24.2 Å². The minimum absolute atomic E-state index is 0.0667. The van der Waals surface area contributed by atoms with Gasteiger partial charge in [-0.15, -0.1) is 0 Å². The van der Waals surface area contributed by atoms with Gasteiger partial charge in [-0.3, -0.25) is 4.79 Å². The largest absolute Gasteiger partial charge is 0.326 e. The van der Waals surface area contributed by atoms with Crippen molar-refractivity contribution >= 4 is 21.6 Å². The number of hydrogen-bond acceptors (Lipinski definition) is 3. The molecule has 0 aromatic carbocycles. The van der Waals surface area contributed by atoms with Gasteiger partial charge in [-0.05, 0) is 30.7 Å². The first-order chi connectivity index (χ1) is 8.98. The van der Waals surface area contributed by atoms with E-state index >= 15 is 0 Å². The second-order valence-electron chi connectivity index (χ2n) is 5.29. The van der Waals surface area contributed by atoms with Gasteiger partial charge in [0, 0.05) is 19.3 Å². The molecule has 3 rings (SSSR count). The SMILES string of the molecule is O=c1[nH]cc(S(=O)(=O)N2CC3CCCC3C2)cc1Cl. The van der Waals surface area contributed by atoms with Crippen molar-refractivity contribution in [2.75, 3.05) is 13.1 Å². The van der Waals surface area contributed by atoms with Crippen molar-refractivity contribution in [3.05, 3.63) is 27.6 Å². The van der Waals surface area contributed by atoms with Crippen molar-refractivity contribution in [2.24, 2.45) is 11.8 Å². The number of rotatable bonds is 2. The maximum atomic E-state index is 12.5. The Balaban J connectivity index is 1.90. The Kier molecular flexibility index (Phi) is 3.19. The molecule has 1 saturated carbocycles. The fourth-order valence-electron chi connectivity index (χ4n) is 3.12. The number of nitrogens with one attached hydrogen (secondary N) is 1. The van der Waals surface area contributed by atoms with Crippen molar-refractivity contribution in [3.63, 3.8) is 0 Å². The lowest BCUT2D eigenvalue weighted by atomic mass is 10.0. The lowest BCUT2D eigenvalue weighted by molar-refractivity contribution is 0.445. The molecule has 2 heterocycles. The zero-order valence-corrected chi connectivity index (χ0v) is 11.9. The lowest BCUT2D eigenvalue weighted by Crippen LogP contribution is -2.30. The molecular weight excluding hydrogens is 288 g/mol. The average molecular weight is 303 g/mol. The zero-order valence-electron chi connectivity index (χ0n) is 10.3. The van der Waals surface area contributed by atoms with Crippen LogP contribution in [0.4, 0.5) is 0 Å². The molecule has 5 nitrogen and oxygen atoms in total. The molecule has 2 atom stereocenters. The molecule has 104 valence electrons. The molecule has 1 aromatic rings. The van der Waals surface area contributed by atoms with Gasteiger partial charge in [0.2, 0.25) is 10.0 Å². The maximum absolute atomic E-state index is 12.5. The van der Waals surface area contributed by atoms with Gasteiger partial charge in [-0.1, -0.05) is 18.0 Å². The summed E-state index contributed by atoms with van der Waals surface area (Å²) < 4.78 is 26.5. The molecular formula is C12H15ClN2O3S. The van der Waals surface area contributed by atoms with Crippen molar-refractivity contribution in [3.8, 4) is 0 Å². The summed E-state index contributed by atoms with van der Waals surface area (Å²) in [7, 11) is -3.54. The normalized spacial score (nSPS) is 27.6. The van der Waals surface area contributed by atoms with Crippen molar-refractivity contribution < 1.29 is 8.42 Å². The highest BCUT2D eigenvalue weighted by Gasteiger charge is 2.41. The summed E-state index contributed by atoms with van der Waals surface area (Å²) in [5.41, 5.74) is -0.473. The molecule has 1 aromatic heterocycles. The van der Waals surface area contributed by atoms with Gasteiger partial charge < -0.3 is 4.98 Å². The number of H-pyrrole nitrogens is 1. The van der Waals surface area contributed by atoms with E-state index in [1.807, 2.05) is 0 Å². The van der Waals surface area contributed by atoms with E-state index in [0.717, 1.165) is 12.8 Å². The summed E-state index contributed by atoms with van der Waals surface area (Å²) >= 11 is 5.70. The highest BCUT2D eigenvalue weighted by Crippen LogP contribution is 2.39. The first kappa shape index (κ1) is 13.1. The Morgan fingerprint density at radius 1 is 1.26 bits per heavy atom. The van der Waals surface area contributed by atoms with Gasteiger partial charge in [0.05, 0.1) is 4.90 Å². The Bertz CT molecular complexity index is 643. The van der Waals surface area contributed by atoms with Gasteiger partial charge in [0.1, 0.15) is 5.02 Å². The molecule has 7 heteroatoms. The zero-order chi connectivity index (χ0) is 13.6. The van der Waals surface area contributed by atoms with Gasteiger partial charge in [0.15, 0.2) is 0 Å². The second kappa shape index (κ2) is 4.61. The smallest absolute Gasteiger partial charge is 0.266 e. The number of halogens is 1. The first-order valence-electron chi connectivity index (χ1n) is 6.37. The minimum Gasteiger partial charge on any atom is -0.326 e. The molecule has 2 fully saturated rings. The van der Waals surface area contributed by atoms with Crippen LogP contribution in [0.1, 0.15) is 19.3 Å². The van der Waals surface area contributed by atoms with Crippen LogP contribution in [-0.4, -0.2) is 30.8 Å². The van der Waals surface area contributed by atoms with Crippen LogP contribution in [0, 0.1) is 11.8 Å². The summed E-state index contributed by atoms with van der Waals surface area (Å²) in [6.07, 6.45) is 4.65. The monoisotopic (exact) mass is 302 g/mol. The quantitative estimate of drug-likeness (QED) is 0.899. The van der Waals surface area contributed by atoms with Crippen LogP contribution in [-0.2, 0) is 10.0 Å². The molecule has 1 saturated heterocycles. The summed E-state index contributed by atoms with van der Waals surface area (Å²) in [4.78, 5) is 13.6. The molecule has 0 spiro atoms. The molecule has 0 radical (unpaired) electrons. The van der Waals surface area contributed by atoms with Crippen molar-refractivity contribution in [1.82, 2.24) is 9.29 Å². The minimum atomic E-state index is -3.54. The van der Waals surface area contributed by atoms with Crippen LogP contribution in [0.15, 0.2) is 22.0 Å². The molecule has 0 bridgehead atoms. The van der Waals surface area contributed by atoms with Crippen LogP contribution >= 0.6 is 11.6 Å². The Hall–Kier alpha value is -0.850. The van der Waals surface area contributed by atoms with E-state index in [0.29, 0.717) is 24.9 Å². The van der Waals surface area contributed by atoms with Crippen molar-refractivity contribution in [1.29, 1.82) is 0 Å². The predicted molar refractivity (Wildman–Crippen MR) is 71.7 cm³/mol. The highest BCUT2D eigenvalue weighted by atomic mass is 35.5. The summed E-state index contributed by atoms with van der Waals surface area (Å²) in [5.74, 6) is 0.987. The van der Waals surface area contributed by atoms with E-state index in [9.17, 15) is 13.2 Å². The van der Waals surface area contributed by atoms with Crippen LogP contribution in [0.3, 0.4) is 0 Å². The number of sulfonamides is 1. The molecule has 2 unspecified atom stereocenters. The van der Waals surface area contributed by atoms with Crippen LogP contribution in [0.2, 0.25) is 5.02 Å². The Labute approximate surface area is 116 Å². The van der Waals surface area contributed by atoms with E-state index in [1.165, 1.54) is 23.0 Å². The summed E-state index contributed by atoms with van der Waals surface area (Å²) in [6, 6.07) is 1.23. The van der Waals surface area contributed by atoms with E-state index in [4.69, 9.17) is 11.6 Å². The molecule has 2 aliphatic rings. The number of aromatic amines is 1. The van der Waals surface area contributed by atoms with Gasteiger partial charge >= 0.3 is 0 Å². The lowest BCUT2D eigenvalue weighted by Gasteiger charge is -2.17. The molecule has 0 amide bonds. The third-order valence-corrected chi connectivity index (χ3v) is 6.25. The third-order valence-electron chi connectivity index (χ3n) is 4.16. The molecule has 19 heavy (non-hydrogen) atoms. The highest BCUT2D eigenvalue weighted by molar-refractivity contribution is 7.89. The van der Waals surface area contributed by atoms with E-state index < -0.39 is 15.6 Å². The first-order valence-corrected chi connectivity index (χ1v) is 8.18. The third kappa shape index (κ3) is 2.22. The fourth-order valence-corrected chi connectivity index (χ4v) is 4.91. The Morgan fingerprint density at radius 3 is 2.47 bits per heavy atom. The summed E-state index contributed by atoms with van der Waals surface area (Å²) in [5, 5.41) is -0.0968.